The molecule has 0 unspecified atom stereocenters. The fourth-order valence-corrected chi connectivity index (χ4v) is 1.54. The van der Waals surface area contributed by atoms with Crippen molar-refractivity contribution in [3.63, 3.8) is 0 Å². The van der Waals surface area contributed by atoms with E-state index in [4.69, 9.17) is 4.74 Å². The van der Waals surface area contributed by atoms with E-state index in [0.29, 0.717) is 16.8 Å². The van der Waals surface area contributed by atoms with Crippen molar-refractivity contribution in [1.29, 1.82) is 0 Å². The number of carbonyl (C=O) groups is 1. The molecule has 5 heteroatoms. The number of carbonyl (C=O) groups excluding carboxylic acids is 1. The van der Waals surface area contributed by atoms with Gasteiger partial charge in [-0.1, -0.05) is 0 Å². The summed E-state index contributed by atoms with van der Waals surface area (Å²) >= 11 is 3.10. The zero-order chi connectivity index (χ0) is 11.5. The smallest absolute Gasteiger partial charge is 0.327 e. The van der Waals surface area contributed by atoms with Crippen LogP contribution < -0.4 is 4.74 Å². The molecule has 0 aliphatic carbocycles. The van der Waals surface area contributed by atoms with Crippen LogP contribution in [0.4, 0.5) is 8.78 Å². The quantitative estimate of drug-likeness (QED) is 0.791. The minimum atomic E-state index is -3.45. The van der Waals surface area contributed by atoms with Crippen LogP contribution in [0.3, 0.4) is 0 Å². The predicted molar refractivity (Wildman–Crippen MR) is 55.3 cm³/mol. The van der Waals surface area contributed by atoms with Gasteiger partial charge in [-0.2, -0.15) is 8.78 Å². The average Bonchev–Trinajstić information content (AvgIpc) is 2.21. The molecule has 15 heavy (non-hydrogen) atoms. The van der Waals surface area contributed by atoms with Crippen LogP contribution in [0.2, 0.25) is 0 Å². The van der Waals surface area contributed by atoms with Crippen molar-refractivity contribution in [3.8, 4) is 5.75 Å². The molecule has 0 saturated heterocycles. The number of hydrogen-bond acceptors (Lipinski definition) is 2. The van der Waals surface area contributed by atoms with E-state index in [0.717, 1.165) is 0 Å². The first kappa shape index (κ1) is 12.1. The lowest BCUT2D eigenvalue weighted by Crippen LogP contribution is -2.14. The third-order valence-electron chi connectivity index (χ3n) is 1.76. The van der Waals surface area contributed by atoms with Crippen molar-refractivity contribution in [2.45, 2.75) is 12.8 Å². The van der Waals surface area contributed by atoms with Crippen LogP contribution in [0.15, 0.2) is 22.7 Å². The van der Waals surface area contributed by atoms with Crippen LogP contribution in [0.5, 0.6) is 5.75 Å². The summed E-state index contributed by atoms with van der Waals surface area (Å²) < 4.78 is 31.5. The molecule has 0 bridgehead atoms. The summed E-state index contributed by atoms with van der Waals surface area (Å²) in [6, 6.07) is 3.75. The molecule has 0 aromatic heterocycles. The number of benzene rings is 1. The maximum atomic E-state index is 13.0. The van der Waals surface area contributed by atoms with Crippen LogP contribution in [0.1, 0.15) is 12.5 Å². The van der Waals surface area contributed by atoms with E-state index in [9.17, 15) is 13.6 Å². The molecule has 1 aromatic carbocycles. The highest BCUT2D eigenvalue weighted by Crippen LogP contribution is 2.32. The van der Waals surface area contributed by atoms with E-state index in [1.807, 2.05) is 0 Å². The van der Waals surface area contributed by atoms with Crippen LogP contribution in [-0.4, -0.2) is 12.9 Å². The first-order chi connectivity index (χ1) is 7.01. The second-order valence-electron chi connectivity index (χ2n) is 2.82. The van der Waals surface area contributed by atoms with Gasteiger partial charge in [-0.25, -0.2) is 0 Å². The second kappa shape index (κ2) is 4.70. The Morgan fingerprint density at radius 1 is 1.53 bits per heavy atom. The molecule has 0 saturated carbocycles. The molecule has 2 nitrogen and oxygen atoms in total. The summed E-state index contributed by atoms with van der Waals surface area (Å²) in [5.41, 5.74) is -0.354. The summed E-state index contributed by atoms with van der Waals surface area (Å²) in [5, 5.41) is 0. The van der Waals surface area contributed by atoms with Gasteiger partial charge in [0.25, 0.3) is 0 Å². The zero-order valence-electron chi connectivity index (χ0n) is 7.97. The Kier molecular flexibility index (Phi) is 3.79. The fourth-order valence-electron chi connectivity index (χ4n) is 1.05. The third-order valence-corrected chi connectivity index (χ3v) is 2.38. The highest BCUT2D eigenvalue weighted by atomic mass is 79.9. The van der Waals surface area contributed by atoms with Gasteiger partial charge in [-0.15, -0.1) is 0 Å². The standard InChI is InChI=1S/C10H9BrF2O2/c1-2-15-9-4-3-7(5-8(9)11)10(12,13)6-14/h3-6H,2H2,1H3. The zero-order valence-corrected chi connectivity index (χ0v) is 9.55. The van der Waals surface area contributed by atoms with Gasteiger partial charge in [-0.3, -0.25) is 4.79 Å². The van der Waals surface area contributed by atoms with E-state index >= 15 is 0 Å². The molecule has 0 atom stereocenters. The van der Waals surface area contributed by atoms with E-state index in [-0.39, 0.29) is 11.8 Å². The number of alkyl halides is 2. The normalized spacial score (nSPS) is 11.2. The molecule has 0 aliphatic heterocycles. The average molecular weight is 279 g/mol. The van der Waals surface area contributed by atoms with Crippen molar-refractivity contribution < 1.29 is 18.3 Å². The number of ether oxygens (including phenoxy) is 1. The van der Waals surface area contributed by atoms with E-state index in [1.165, 1.54) is 18.2 Å². The molecular formula is C10H9BrF2O2. The number of rotatable bonds is 4. The van der Waals surface area contributed by atoms with Gasteiger partial charge in [0.15, 0.2) is 6.29 Å². The highest BCUT2D eigenvalue weighted by molar-refractivity contribution is 9.10. The van der Waals surface area contributed by atoms with Crippen LogP contribution in [0.25, 0.3) is 0 Å². The minimum Gasteiger partial charge on any atom is -0.493 e. The SMILES string of the molecule is CCOc1ccc(C(F)(F)C=O)cc1Br. The molecule has 0 amide bonds. The largest absolute Gasteiger partial charge is 0.493 e. The molecule has 0 aliphatic rings. The van der Waals surface area contributed by atoms with Crippen molar-refractivity contribution in [2.24, 2.45) is 0 Å². The molecule has 82 valence electrons. The predicted octanol–water partition coefficient (Wildman–Crippen LogP) is 3.14. The topological polar surface area (TPSA) is 26.3 Å². The van der Waals surface area contributed by atoms with Crippen LogP contribution >= 0.6 is 15.9 Å². The van der Waals surface area contributed by atoms with E-state index < -0.39 is 5.92 Å². The maximum absolute atomic E-state index is 13.0. The summed E-state index contributed by atoms with van der Waals surface area (Å²) in [7, 11) is 0. The van der Waals surface area contributed by atoms with Crippen molar-refractivity contribution in [1.82, 2.24) is 0 Å². The van der Waals surface area contributed by atoms with Crippen LogP contribution in [-0.2, 0) is 10.7 Å². The fraction of sp³-hybridized carbons (Fsp3) is 0.300. The van der Waals surface area contributed by atoms with Gasteiger partial charge in [0.2, 0.25) is 0 Å². The number of hydrogen-bond donors (Lipinski definition) is 0. The van der Waals surface area contributed by atoms with Gasteiger partial charge in [0, 0.05) is 5.56 Å². The molecule has 1 aromatic rings. The molecule has 0 N–H and O–H groups in total. The summed E-state index contributed by atoms with van der Waals surface area (Å²) in [6.07, 6.45) is -0.380. The van der Waals surface area contributed by atoms with Gasteiger partial charge >= 0.3 is 5.92 Å². The van der Waals surface area contributed by atoms with Crippen molar-refractivity contribution in [2.75, 3.05) is 6.61 Å². The third kappa shape index (κ3) is 2.75. The first-order valence-electron chi connectivity index (χ1n) is 4.28. The maximum Gasteiger partial charge on any atom is 0.327 e. The van der Waals surface area contributed by atoms with Gasteiger partial charge < -0.3 is 4.74 Å². The lowest BCUT2D eigenvalue weighted by molar-refractivity contribution is -0.130. The lowest BCUT2D eigenvalue weighted by atomic mass is 10.1. The minimum absolute atomic E-state index is 0.354. The second-order valence-corrected chi connectivity index (χ2v) is 3.67. The van der Waals surface area contributed by atoms with Crippen molar-refractivity contribution >= 4 is 22.2 Å². The van der Waals surface area contributed by atoms with Gasteiger partial charge in [0.05, 0.1) is 11.1 Å². The number of halogens is 3. The highest BCUT2D eigenvalue weighted by Gasteiger charge is 2.31. The Morgan fingerprint density at radius 3 is 2.67 bits per heavy atom. The molecule has 0 heterocycles. The Balaban J connectivity index is 3.06. The lowest BCUT2D eigenvalue weighted by Gasteiger charge is -2.11. The summed E-state index contributed by atoms with van der Waals surface area (Å²) in [5.74, 6) is -2.98. The van der Waals surface area contributed by atoms with Crippen molar-refractivity contribution in [3.05, 3.63) is 28.2 Å². The Morgan fingerprint density at radius 2 is 2.20 bits per heavy atom. The first-order valence-corrected chi connectivity index (χ1v) is 5.07. The monoisotopic (exact) mass is 278 g/mol. The molecule has 0 fully saturated rings. The Bertz CT molecular complexity index is 366. The molecular weight excluding hydrogens is 270 g/mol. The Hall–Kier alpha value is -0.970. The van der Waals surface area contributed by atoms with Gasteiger partial charge in [-0.05, 0) is 41.1 Å². The Labute approximate surface area is 94.4 Å². The van der Waals surface area contributed by atoms with Gasteiger partial charge in [0.1, 0.15) is 5.75 Å². The summed E-state index contributed by atoms with van der Waals surface area (Å²) in [4.78, 5) is 10.2. The van der Waals surface area contributed by atoms with E-state index in [2.05, 4.69) is 15.9 Å². The molecule has 1 rings (SSSR count). The molecule has 0 spiro atoms. The summed E-state index contributed by atoms with van der Waals surface area (Å²) in [6.45, 7) is 2.24. The molecule has 0 radical (unpaired) electrons. The number of aldehydes is 1. The van der Waals surface area contributed by atoms with E-state index in [1.54, 1.807) is 6.92 Å². The van der Waals surface area contributed by atoms with Crippen LogP contribution in [0, 0.1) is 0 Å².